The van der Waals surface area contributed by atoms with E-state index >= 15 is 0 Å². The van der Waals surface area contributed by atoms with Gasteiger partial charge in [-0.1, -0.05) is 37.6 Å². The summed E-state index contributed by atoms with van der Waals surface area (Å²) in [5.41, 5.74) is 1.11. The predicted octanol–water partition coefficient (Wildman–Crippen LogP) is 4.10. The molecule has 6 heteroatoms. The number of Topliss-reactive ketones (excluding diaryl/α,β-unsaturated/α-hetero) is 1. The minimum absolute atomic E-state index is 0.107. The normalized spacial score (nSPS) is 17.5. The molecule has 0 aliphatic carbocycles. The van der Waals surface area contributed by atoms with E-state index in [2.05, 4.69) is 0 Å². The molecule has 0 fully saturated rings. The van der Waals surface area contributed by atoms with E-state index < -0.39 is 17.7 Å². The van der Waals surface area contributed by atoms with E-state index in [9.17, 15) is 14.7 Å². The van der Waals surface area contributed by atoms with Gasteiger partial charge < -0.3 is 14.4 Å². The van der Waals surface area contributed by atoms with Crippen molar-refractivity contribution in [3.05, 3.63) is 70.3 Å². The summed E-state index contributed by atoms with van der Waals surface area (Å²) >= 11 is 5.90. The summed E-state index contributed by atoms with van der Waals surface area (Å²) in [5, 5.41) is 11.0. The molecular weight excluding hydrogens is 354 g/mol. The van der Waals surface area contributed by atoms with Crippen molar-refractivity contribution >= 4 is 23.3 Å². The maximum atomic E-state index is 12.6. The van der Waals surface area contributed by atoms with Crippen LogP contribution >= 0.6 is 11.6 Å². The number of hydrogen-bond donors (Lipinski definition) is 1. The van der Waals surface area contributed by atoms with Gasteiger partial charge in [-0.25, -0.2) is 0 Å². The third-order valence-corrected chi connectivity index (χ3v) is 4.71. The molecule has 3 rings (SSSR count). The van der Waals surface area contributed by atoms with Crippen LogP contribution in [-0.2, 0) is 16.0 Å². The van der Waals surface area contributed by atoms with Gasteiger partial charge in [0.2, 0.25) is 0 Å². The number of ketones is 1. The number of rotatable bonds is 6. The number of nitrogens with zero attached hydrogens (tertiary/aromatic N) is 1. The summed E-state index contributed by atoms with van der Waals surface area (Å²) < 4.78 is 5.46. The highest BCUT2D eigenvalue weighted by Gasteiger charge is 2.45. The van der Waals surface area contributed by atoms with Gasteiger partial charge in [-0.3, -0.25) is 9.59 Å². The molecule has 0 saturated carbocycles. The summed E-state index contributed by atoms with van der Waals surface area (Å²) in [5.74, 6) is -1.17. The van der Waals surface area contributed by atoms with Crippen LogP contribution in [0.15, 0.2) is 58.4 Å². The number of furan rings is 1. The van der Waals surface area contributed by atoms with E-state index in [0.717, 1.165) is 5.56 Å². The molecule has 1 aliphatic rings. The first-order valence-electron chi connectivity index (χ1n) is 8.46. The third-order valence-electron chi connectivity index (χ3n) is 4.46. The lowest BCUT2D eigenvalue weighted by Crippen LogP contribution is -2.33. The Morgan fingerprint density at radius 3 is 2.54 bits per heavy atom. The second kappa shape index (κ2) is 7.38. The first-order chi connectivity index (χ1) is 12.4. The Morgan fingerprint density at radius 1 is 1.27 bits per heavy atom. The van der Waals surface area contributed by atoms with E-state index in [4.69, 9.17) is 16.0 Å². The average molecular weight is 374 g/mol. The first kappa shape index (κ1) is 18.3. The number of amides is 1. The molecule has 0 saturated heterocycles. The lowest BCUT2D eigenvalue weighted by Gasteiger charge is -2.25. The molecule has 2 heterocycles. The fraction of sp³-hybridized carbons (Fsp3) is 0.300. The summed E-state index contributed by atoms with van der Waals surface area (Å²) in [4.78, 5) is 26.7. The molecule has 136 valence electrons. The number of carbonyl (C=O) groups excluding carboxylic acids is 2. The van der Waals surface area contributed by atoms with Gasteiger partial charge in [0.05, 0.1) is 11.8 Å². The maximum Gasteiger partial charge on any atom is 0.290 e. The summed E-state index contributed by atoms with van der Waals surface area (Å²) in [6.45, 7) is 3.82. The zero-order chi connectivity index (χ0) is 18.8. The molecule has 1 N–H and O–H groups in total. The number of aliphatic hydroxyl groups excluding tert-OH is 1. The van der Waals surface area contributed by atoms with Gasteiger partial charge >= 0.3 is 0 Å². The topological polar surface area (TPSA) is 70.8 Å². The van der Waals surface area contributed by atoms with Crippen LogP contribution in [0.25, 0.3) is 0 Å². The molecular formula is C20H20ClNO4. The summed E-state index contributed by atoms with van der Waals surface area (Å²) in [6, 6.07) is 10.0. The molecule has 1 aromatic carbocycles. The van der Waals surface area contributed by atoms with Crippen molar-refractivity contribution < 1.29 is 19.1 Å². The third kappa shape index (κ3) is 3.40. The summed E-state index contributed by atoms with van der Waals surface area (Å²) in [6.07, 6.45) is 2.06. The quantitative estimate of drug-likeness (QED) is 0.827. The smallest absolute Gasteiger partial charge is 0.290 e. The number of hydrogen-bond acceptors (Lipinski definition) is 4. The molecule has 0 radical (unpaired) electrons. The number of aliphatic hydroxyl groups is 1. The largest absolute Gasteiger partial charge is 0.503 e. The lowest BCUT2D eigenvalue weighted by molar-refractivity contribution is -0.129. The van der Waals surface area contributed by atoms with Gasteiger partial charge in [0.1, 0.15) is 11.8 Å². The Labute approximate surface area is 156 Å². The lowest BCUT2D eigenvalue weighted by atomic mass is 9.94. The van der Waals surface area contributed by atoms with E-state index in [1.165, 1.54) is 11.2 Å². The van der Waals surface area contributed by atoms with E-state index in [0.29, 0.717) is 23.7 Å². The predicted molar refractivity (Wildman–Crippen MR) is 97.8 cm³/mol. The van der Waals surface area contributed by atoms with Crippen LogP contribution < -0.4 is 0 Å². The monoisotopic (exact) mass is 373 g/mol. The van der Waals surface area contributed by atoms with Crippen LogP contribution in [0.2, 0.25) is 5.02 Å². The van der Waals surface area contributed by atoms with Gasteiger partial charge in [0.15, 0.2) is 11.5 Å². The molecule has 1 amide bonds. The van der Waals surface area contributed by atoms with Crippen LogP contribution in [0, 0.1) is 5.92 Å². The molecule has 5 nitrogen and oxygen atoms in total. The van der Waals surface area contributed by atoms with Crippen LogP contribution in [0.5, 0.6) is 0 Å². The van der Waals surface area contributed by atoms with Crippen molar-refractivity contribution in [2.45, 2.75) is 26.3 Å². The van der Waals surface area contributed by atoms with E-state index in [-0.39, 0.29) is 17.3 Å². The first-order valence-corrected chi connectivity index (χ1v) is 8.84. The highest BCUT2D eigenvalue weighted by molar-refractivity contribution is 6.30. The van der Waals surface area contributed by atoms with Gasteiger partial charge in [-0.2, -0.15) is 0 Å². The molecule has 0 spiro atoms. The van der Waals surface area contributed by atoms with Crippen LogP contribution in [0.1, 0.15) is 31.2 Å². The average Bonchev–Trinajstić information content (AvgIpc) is 3.22. The second-order valence-electron chi connectivity index (χ2n) is 6.57. The highest BCUT2D eigenvalue weighted by atomic mass is 35.5. The van der Waals surface area contributed by atoms with E-state index in [1.54, 1.807) is 38.1 Å². The van der Waals surface area contributed by atoms with Gasteiger partial charge in [-0.05, 0) is 36.2 Å². The Balaban J connectivity index is 1.90. The molecule has 1 unspecified atom stereocenters. The maximum absolute atomic E-state index is 12.6. The fourth-order valence-electron chi connectivity index (χ4n) is 3.09. The molecule has 26 heavy (non-hydrogen) atoms. The molecule has 1 aromatic heterocycles. The number of carbonyl (C=O) groups is 2. The molecule has 0 bridgehead atoms. The Kier molecular flexibility index (Phi) is 5.18. The fourth-order valence-corrected chi connectivity index (χ4v) is 3.22. The van der Waals surface area contributed by atoms with Crippen molar-refractivity contribution in [2.24, 2.45) is 5.92 Å². The van der Waals surface area contributed by atoms with Crippen LogP contribution in [0.4, 0.5) is 0 Å². The van der Waals surface area contributed by atoms with Gasteiger partial charge in [0, 0.05) is 17.5 Å². The van der Waals surface area contributed by atoms with Crippen LogP contribution in [-0.4, -0.2) is 28.2 Å². The zero-order valence-electron chi connectivity index (χ0n) is 14.6. The standard InChI is InChI=1S/C20H20ClNO4/c1-12(2)18(23)16-17(15-4-3-11-26-15)22(20(25)19(16)24)10-9-13-5-7-14(21)8-6-13/h3-8,11-12,17,24H,9-10H2,1-2H3. The van der Waals surface area contributed by atoms with Gasteiger partial charge in [-0.15, -0.1) is 0 Å². The van der Waals surface area contributed by atoms with Crippen LogP contribution in [0.3, 0.4) is 0 Å². The SMILES string of the molecule is CC(C)C(=O)C1=C(O)C(=O)N(CCc2ccc(Cl)cc2)C1c1ccco1. The van der Waals surface area contributed by atoms with Crippen molar-refractivity contribution in [3.8, 4) is 0 Å². The molecule has 2 aromatic rings. The Morgan fingerprint density at radius 2 is 1.96 bits per heavy atom. The van der Waals surface area contributed by atoms with Crippen molar-refractivity contribution in [1.82, 2.24) is 4.90 Å². The zero-order valence-corrected chi connectivity index (χ0v) is 15.4. The minimum Gasteiger partial charge on any atom is -0.503 e. The summed E-state index contributed by atoms with van der Waals surface area (Å²) in [7, 11) is 0. The molecule has 1 atom stereocenters. The Bertz CT molecular complexity index is 837. The minimum atomic E-state index is -0.709. The number of benzene rings is 1. The highest BCUT2D eigenvalue weighted by Crippen LogP contribution is 2.39. The second-order valence-corrected chi connectivity index (χ2v) is 7.01. The number of halogens is 1. The van der Waals surface area contributed by atoms with Crippen molar-refractivity contribution in [1.29, 1.82) is 0 Å². The Hall–Kier alpha value is -2.53. The van der Waals surface area contributed by atoms with Crippen molar-refractivity contribution in [3.63, 3.8) is 0 Å². The van der Waals surface area contributed by atoms with Crippen molar-refractivity contribution in [2.75, 3.05) is 6.54 Å². The molecule has 1 aliphatic heterocycles. The van der Waals surface area contributed by atoms with Gasteiger partial charge in [0.25, 0.3) is 5.91 Å². The van der Waals surface area contributed by atoms with E-state index in [1.807, 2.05) is 12.1 Å².